The molecule has 0 aromatic heterocycles. The monoisotopic (exact) mass is 417 g/mol. The molecule has 6 heteroatoms. The van der Waals surface area contributed by atoms with Gasteiger partial charge in [-0.05, 0) is 63.1 Å². The van der Waals surface area contributed by atoms with Crippen LogP contribution in [-0.4, -0.2) is 24.7 Å². The summed E-state index contributed by atoms with van der Waals surface area (Å²) in [6.07, 6.45) is 0.618. The molecule has 0 unspecified atom stereocenters. The van der Waals surface area contributed by atoms with E-state index < -0.39 is 11.7 Å². The lowest BCUT2D eigenvalue weighted by Gasteiger charge is -2.38. The number of hydrogen-bond acceptors (Lipinski definition) is 4. The van der Waals surface area contributed by atoms with Crippen molar-refractivity contribution in [3.8, 4) is 17.2 Å². The van der Waals surface area contributed by atoms with Gasteiger partial charge in [-0.25, -0.2) is 0 Å². The molecule has 0 aliphatic carbocycles. The highest BCUT2D eigenvalue weighted by atomic mass is 35.5. The fraction of sp³-hybridized carbons (Fsp3) is 0.435. The van der Waals surface area contributed by atoms with Crippen molar-refractivity contribution in [1.82, 2.24) is 5.32 Å². The molecule has 2 atom stereocenters. The van der Waals surface area contributed by atoms with E-state index >= 15 is 0 Å². The molecule has 0 saturated heterocycles. The van der Waals surface area contributed by atoms with Crippen LogP contribution >= 0.6 is 11.6 Å². The van der Waals surface area contributed by atoms with Gasteiger partial charge in [0.25, 0.3) is 5.91 Å². The van der Waals surface area contributed by atoms with Crippen LogP contribution in [0.4, 0.5) is 0 Å². The molecule has 2 aromatic rings. The topological polar surface area (TPSA) is 56.8 Å². The van der Waals surface area contributed by atoms with Crippen molar-refractivity contribution in [3.05, 3.63) is 52.5 Å². The van der Waals surface area contributed by atoms with Crippen molar-refractivity contribution in [2.24, 2.45) is 0 Å². The number of amides is 1. The molecule has 0 fully saturated rings. The molecular formula is C23H28ClNO4. The second-order valence-corrected chi connectivity index (χ2v) is 8.36. The van der Waals surface area contributed by atoms with E-state index in [1.54, 1.807) is 19.2 Å². The summed E-state index contributed by atoms with van der Waals surface area (Å²) in [7, 11) is 1.62. The maximum Gasteiger partial charge on any atom is 0.261 e. The van der Waals surface area contributed by atoms with Gasteiger partial charge in [0.15, 0.2) is 6.10 Å². The van der Waals surface area contributed by atoms with Crippen LogP contribution in [-0.2, 0) is 4.79 Å². The summed E-state index contributed by atoms with van der Waals surface area (Å²) in [6, 6.07) is 10.9. The minimum Gasteiger partial charge on any atom is -0.497 e. The summed E-state index contributed by atoms with van der Waals surface area (Å²) in [4.78, 5) is 13.0. The Labute approximate surface area is 177 Å². The zero-order valence-electron chi connectivity index (χ0n) is 17.5. The minimum absolute atomic E-state index is 0.149. The van der Waals surface area contributed by atoms with Crippen molar-refractivity contribution in [2.45, 2.75) is 58.3 Å². The lowest BCUT2D eigenvalue weighted by molar-refractivity contribution is -0.129. The fourth-order valence-electron chi connectivity index (χ4n) is 3.53. The first-order valence-corrected chi connectivity index (χ1v) is 10.2. The highest BCUT2D eigenvalue weighted by Crippen LogP contribution is 2.41. The van der Waals surface area contributed by atoms with Gasteiger partial charge in [0.1, 0.15) is 22.8 Å². The first-order chi connectivity index (χ1) is 13.7. The largest absolute Gasteiger partial charge is 0.497 e. The Hall–Kier alpha value is -2.40. The van der Waals surface area contributed by atoms with E-state index in [0.717, 1.165) is 22.6 Å². The van der Waals surface area contributed by atoms with Crippen molar-refractivity contribution in [2.75, 3.05) is 7.11 Å². The third-order valence-corrected chi connectivity index (χ3v) is 5.49. The lowest BCUT2D eigenvalue weighted by Crippen LogP contribution is -2.45. The number of methoxy groups -OCH3 is 1. The molecule has 0 saturated carbocycles. The van der Waals surface area contributed by atoms with Gasteiger partial charge in [-0.3, -0.25) is 4.79 Å². The summed E-state index contributed by atoms with van der Waals surface area (Å²) in [5.41, 5.74) is 1.44. The first kappa shape index (κ1) is 21.3. The summed E-state index contributed by atoms with van der Waals surface area (Å²) in [5.74, 6) is 1.93. The van der Waals surface area contributed by atoms with Gasteiger partial charge >= 0.3 is 0 Å². The number of aryl methyl sites for hydroxylation is 1. The van der Waals surface area contributed by atoms with Gasteiger partial charge in [-0.1, -0.05) is 18.5 Å². The molecule has 29 heavy (non-hydrogen) atoms. The molecule has 156 valence electrons. The smallest absolute Gasteiger partial charge is 0.261 e. The molecule has 1 aliphatic rings. The molecule has 5 nitrogen and oxygen atoms in total. The third-order valence-electron chi connectivity index (χ3n) is 5.07. The minimum atomic E-state index is -0.594. The highest BCUT2D eigenvalue weighted by Gasteiger charge is 2.36. The molecule has 2 aromatic carbocycles. The average Bonchev–Trinajstić information content (AvgIpc) is 2.67. The van der Waals surface area contributed by atoms with Gasteiger partial charge in [-0.15, -0.1) is 0 Å². The number of hydrogen-bond donors (Lipinski definition) is 1. The molecule has 0 bridgehead atoms. The van der Waals surface area contributed by atoms with Crippen LogP contribution in [0, 0.1) is 6.92 Å². The van der Waals surface area contributed by atoms with E-state index in [1.807, 2.05) is 52.0 Å². The van der Waals surface area contributed by atoms with Crippen LogP contribution in [0.3, 0.4) is 0 Å². The Balaban J connectivity index is 1.78. The number of carbonyl (C=O) groups excluding carboxylic acids is 1. The Bertz CT molecular complexity index is 896. The normalized spacial score (nSPS) is 18.2. The van der Waals surface area contributed by atoms with Gasteiger partial charge < -0.3 is 19.5 Å². The van der Waals surface area contributed by atoms with Crippen molar-refractivity contribution in [1.29, 1.82) is 0 Å². The molecule has 1 N–H and O–H groups in total. The molecule has 1 amide bonds. The van der Waals surface area contributed by atoms with Crippen LogP contribution < -0.4 is 19.5 Å². The van der Waals surface area contributed by atoms with E-state index in [1.165, 1.54) is 0 Å². The van der Waals surface area contributed by atoms with E-state index in [-0.39, 0.29) is 11.9 Å². The first-order valence-electron chi connectivity index (χ1n) is 9.82. The predicted octanol–water partition coefficient (Wildman–Crippen LogP) is 5.23. The standard InChI is InChI=1S/C23H28ClNO4/c1-6-20(28-16-8-10-18(24)14(2)11-16)22(26)25-19-13-23(3,4)29-21-12-15(27-5)7-9-17(19)21/h7-12,19-20H,6,13H2,1-5H3,(H,25,26)/t19-,20+/m1/s1. The zero-order valence-corrected chi connectivity index (χ0v) is 18.3. The summed E-state index contributed by atoms with van der Waals surface area (Å²) in [5, 5.41) is 3.83. The molecule has 0 spiro atoms. The number of halogens is 1. The van der Waals surface area contributed by atoms with Gasteiger partial charge in [0, 0.05) is 23.1 Å². The summed E-state index contributed by atoms with van der Waals surface area (Å²) < 4.78 is 17.4. The number of ether oxygens (including phenoxy) is 3. The van der Waals surface area contributed by atoms with Gasteiger partial charge in [0.05, 0.1) is 13.2 Å². The molecule has 0 radical (unpaired) electrons. The molecular weight excluding hydrogens is 390 g/mol. The van der Waals surface area contributed by atoms with E-state index in [0.29, 0.717) is 23.6 Å². The number of rotatable bonds is 6. The Kier molecular flexibility index (Phi) is 6.27. The van der Waals surface area contributed by atoms with Gasteiger partial charge in [0.2, 0.25) is 0 Å². The third kappa shape index (κ3) is 4.96. The number of fused-ring (bicyclic) bond motifs is 1. The van der Waals surface area contributed by atoms with Gasteiger partial charge in [-0.2, -0.15) is 0 Å². The second kappa shape index (κ2) is 8.54. The Morgan fingerprint density at radius 2 is 2.00 bits per heavy atom. The summed E-state index contributed by atoms with van der Waals surface area (Å²) in [6.45, 7) is 7.86. The molecule has 1 heterocycles. The zero-order chi connectivity index (χ0) is 21.2. The van der Waals surface area contributed by atoms with E-state index in [2.05, 4.69) is 5.32 Å². The molecule has 3 rings (SSSR count). The van der Waals surface area contributed by atoms with Crippen molar-refractivity contribution < 1.29 is 19.0 Å². The van der Waals surface area contributed by atoms with Crippen LogP contribution in [0.25, 0.3) is 0 Å². The van der Waals surface area contributed by atoms with Crippen LogP contribution in [0.2, 0.25) is 5.02 Å². The Morgan fingerprint density at radius 3 is 2.66 bits per heavy atom. The maximum absolute atomic E-state index is 13.0. The second-order valence-electron chi connectivity index (χ2n) is 7.96. The van der Waals surface area contributed by atoms with Crippen LogP contribution in [0.15, 0.2) is 36.4 Å². The number of nitrogens with one attached hydrogen (secondary N) is 1. The molecule has 1 aliphatic heterocycles. The Morgan fingerprint density at radius 1 is 1.28 bits per heavy atom. The fourth-order valence-corrected chi connectivity index (χ4v) is 3.65. The highest BCUT2D eigenvalue weighted by molar-refractivity contribution is 6.31. The SMILES string of the molecule is CC[C@H](Oc1ccc(Cl)c(C)c1)C(=O)N[C@@H]1CC(C)(C)Oc2cc(OC)ccc21. The van der Waals surface area contributed by atoms with Crippen molar-refractivity contribution in [3.63, 3.8) is 0 Å². The van der Waals surface area contributed by atoms with Crippen LogP contribution in [0.5, 0.6) is 17.2 Å². The quantitative estimate of drug-likeness (QED) is 0.698. The van der Waals surface area contributed by atoms with Crippen LogP contribution in [0.1, 0.15) is 50.8 Å². The maximum atomic E-state index is 13.0. The predicted molar refractivity (Wildman–Crippen MR) is 114 cm³/mol. The number of carbonyl (C=O) groups is 1. The van der Waals surface area contributed by atoms with Crippen molar-refractivity contribution >= 4 is 17.5 Å². The van der Waals surface area contributed by atoms with E-state index in [9.17, 15) is 4.79 Å². The van der Waals surface area contributed by atoms with E-state index in [4.69, 9.17) is 25.8 Å². The number of benzene rings is 2. The lowest BCUT2D eigenvalue weighted by atomic mass is 9.89. The average molecular weight is 418 g/mol. The summed E-state index contributed by atoms with van der Waals surface area (Å²) >= 11 is 6.08.